The number of pyridine rings is 1. The molecular formula is C20H23N5O2. The number of para-hydroxylation sites is 1. The van der Waals surface area contributed by atoms with Gasteiger partial charge in [0, 0.05) is 37.1 Å². The van der Waals surface area contributed by atoms with Crippen molar-refractivity contribution in [3.8, 4) is 5.75 Å². The maximum atomic E-state index is 13.0. The lowest BCUT2D eigenvalue weighted by atomic mass is 10.0. The molecule has 1 aromatic carbocycles. The van der Waals surface area contributed by atoms with E-state index >= 15 is 0 Å². The number of carbonyl (C=O) groups excluding carboxylic acids is 1. The van der Waals surface area contributed by atoms with Gasteiger partial charge in [-0.2, -0.15) is 5.10 Å². The Morgan fingerprint density at radius 3 is 2.96 bits per heavy atom. The van der Waals surface area contributed by atoms with Crippen molar-refractivity contribution in [2.24, 2.45) is 5.73 Å². The molecule has 0 spiro atoms. The summed E-state index contributed by atoms with van der Waals surface area (Å²) in [5, 5.41) is 5.82. The number of ether oxygens (including phenoxy) is 1. The highest BCUT2D eigenvalue weighted by molar-refractivity contribution is 5.97. The molecule has 3 aromatic rings. The predicted octanol–water partition coefficient (Wildman–Crippen LogP) is 2.03. The van der Waals surface area contributed by atoms with Crippen molar-refractivity contribution >= 4 is 16.9 Å². The standard InChI is InChI=1S/C20H23N5O2/c1-27-17-7-3-2-5-15(17)20(26)24-11-8-14(13-24)18-16-6-4-10-22-19(16)25(23-18)12-9-21/h2-7,10,14H,8-9,11-13,21H2,1H3/t14-/m0/s1. The molecule has 0 unspecified atom stereocenters. The first-order valence-corrected chi connectivity index (χ1v) is 9.16. The number of methoxy groups -OCH3 is 1. The fraction of sp³-hybridized carbons (Fsp3) is 0.350. The molecule has 3 heterocycles. The fourth-order valence-electron chi connectivity index (χ4n) is 3.77. The van der Waals surface area contributed by atoms with Gasteiger partial charge >= 0.3 is 0 Å². The second kappa shape index (κ2) is 7.36. The van der Waals surface area contributed by atoms with Crippen LogP contribution in [-0.2, 0) is 6.54 Å². The summed E-state index contributed by atoms with van der Waals surface area (Å²) in [5.41, 5.74) is 8.17. The minimum atomic E-state index is -0.00114. The molecule has 0 saturated carbocycles. The van der Waals surface area contributed by atoms with Crippen LogP contribution in [-0.4, -0.2) is 52.3 Å². The summed E-state index contributed by atoms with van der Waals surface area (Å²) in [4.78, 5) is 19.3. The number of aromatic nitrogens is 3. The zero-order valence-electron chi connectivity index (χ0n) is 15.3. The molecule has 1 atom stereocenters. The second-order valence-corrected chi connectivity index (χ2v) is 6.71. The molecule has 1 saturated heterocycles. The average molecular weight is 365 g/mol. The summed E-state index contributed by atoms with van der Waals surface area (Å²) in [6.07, 6.45) is 2.65. The number of amides is 1. The van der Waals surface area contributed by atoms with E-state index in [4.69, 9.17) is 15.6 Å². The van der Waals surface area contributed by atoms with E-state index in [9.17, 15) is 4.79 Å². The molecule has 1 fully saturated rings. The van der Waals surface area contributed by atoms with Crippen LogP contribution in [0.3, 0.4) is 0 Å². The minimum absolute atomic E-state index is 0.00114. The third-order valence-electron chi connectivity index (χ3n) is 5.08. The number of benzene rings is 1. The first-order valence-electron chi connectivity index (χ1n) is 9.16. The van der Waals surface area contributed by atoms with Gasteiger partial charge in [0.2, 0.25) is 0 Å². The van der Waals surface area contributed by atoms with Crippen LogP contribution in [0.2, 0.25) is 0 Å². The van der Waals surface area contributed by atoms with E-state index in [0.29, 0.717) is 37.5 Å². The second-order valence-electron chi connectivity index (χ2n) is 6.71. The minimum Gasteiger partial charge on any atom is -0.496 e. The Balaban J connectivity index is 1.60. The van der Waals surface area contributed by atoms with Gasteiger partial charge in [0.25, 0.3) is 5.91 Å². The Labute approximate surface area is 157 Å². The molecule has 2 N–H and O–H groups in total. The fourth-order valence-corrected chi connectivity index (χ4v) is 3.77. The number of carbonyl (C=O) groups is 1. The molecule has 7 heteroatoms. The highest BCUT2D eigenvalue weighted by atomic mass is 16.5. The number of hydrogen-bond donors (Lipinski definition) is 1. The average Bonchev–Trinajstić information content (AvgIpc) is 3.33. The summed E-state index contributed by atoms with van der Waals surface area (Å²) in [6.45, 7) is 2.48. The number of likely N-dealkylation sites (tertiary alicyclic amines) is 1. The quantitative estimate of drug-likeness (QED) is 0.748. The molecule has 140 valence electrons. The molecule has 0 aliphatic carbocycles. The maximum Gasteiger partial charge on any atom is 0.257 e. The Morgan fingerprint density at radius 2 is 2.15 bits per heavy atom. The Kier molecular flexibility index (Phi) is 4.77. The number of fused-ring (bicyclic) bond motifs is 1. The molecule has 4 rings (SSSR count). The van der Waals surface area contributed by atoms with Gasteiger partial charge in [0.1, 0.15) is 5.75 Å². The van der Waals surface area contributed by atoms with Crippen molar-refractivity contribution in [2.45, 2.75) is 18.9 Å². The summed E-state index contributed by atoms with van der Waals surface area (Å²) >= 11 is 0. The Hall–Kier alpha value is -2.93. The van der Waals surface area contributed by atoms with Crippen molar-refractivity contribution < 1.29 is 9.53 Å². The number of rotatable bonds is 5. The molecule has 7 nitrogen and oxygen atoms in total. The van der Waals surface area contributed by atoms with E-state index in [-0.39, 0.29) is 11.8 Å². The van der Waals surface area contributed by atoms with Gasteiger partial charge in [-0.3, -0.25) is 4.79 Å². The number of hydrogen-bond acceptors (Lipinski definition) is 5. The van der Waals surface area contributed by atoms with Gasteiger partial charge in [-0.1, -0.05) is 12.1 Å². The molecule has 1 amide bonds. The highest BCUT2D eigenvalue weighted by Crippen LogP contribution is 2.32. The van der Waals surface area contributed by atoms with Crippen LogP contribution in [0.5, 0.6) is 5.75 Å². The van der Waals surface area contributed by atoms with Gasteiger partial charge in [-0.05, 0) is 30.7 Å². The zero-order chi connectivity index (χ0) is 18.8. The third kappa shape index (κ3) is 3.14. The van der Waals surface area contributed by atoms with Crippen LogP contribution in [0, 0.1) is 0 Å². The molecular weight excluding hydrogens is 342 g/mol. The molecule has 0 radical (unpaired) electrons. The van der Waals surface area contributed by atoms with Gasteiger partial charge in [-0.25, -0.2) is 9.67 Å². The summed E-state index contributed by atoms with van der Waals surface area (Å²) in [6, 6.07) is 11.3. The summed E-state index contributed by atoms with van der Waals surface area (Å²) in [7, 11) is 1.59. The van der Waals surface area contributed by atoms with Crippen molar-refractivity contribution in [3.05, 3.63) is 53.9 Å². The first kappa shape index (κ1) is 17.5. The monoisotopic (exact) mass is 365 g/mol. The smallest absolute Gasteiger partial charge is 0.257 e. The lowest BCUT2D eigenvalue weighted by Gasteiger charge is -2.18. The lowest BCUT2D eigenvalue weighted by molar-refractivity contribution is 0.0787. The first-order chi connectivity index (χ1) is 13.2. The van der Waals surface area contributed by atoms with E-state index in [0.717, 1.165) is 23.1 Å². The van der Waals surface area contributed by atoms with E-state index in [1.54, 1.807) is 13.3 Å². The molecule has 0 bridgehead atoms. The lowest BCUT2D eigenvalue weighted by Crippen LogP contribution is -2.28. The topological polar surface area (TPSA) is 86.3 Å². The molecule has 2 aromatic heterocycles. The van der Waals surface area contributed by atoms with Crippen LogP contribution in [0.15, 0.2) is 42.6 Å². The van der Waals surface area contributed by atoms with Crippen molar-refractivity contribution in [1.82, 2.24) is 19.7 Å². The van der Waals surface area contributed by atoms with Crippen molar-refractivity contribution in [3.63, 3.8) is 0 Å². The predicted molar refractivity (Wildman–Crippen MR) is 103 cm³/mol. The third-order valence-corrected chi connectivity index (χ3v) is 5.08. The van der Waals surface area contributed by atoms with Crippen LogP contribution < -0.4 is 10.5 Å². The Morgan fingerprint density at radius 1 is 1.30 bits per heavy atom. The zero-order valence-corrected chi connectivity index (χ0v) is 15.3. The summed E-state index contributed by atoms with van der Waals surface area (Å²) in [5.74, 6) is 0.793. The van der Waals surface area contributed by atoms with Gasteiger partial charge in [0.05, 0.1) is 24.9 Å². The van der Waals surface area contributed by atoms with E-state index < -0.39 is 0 Å². The van der Waals surface area contributed by atoms with Crippen LogP contribution in [0.4, 0.5) is 0 Å². The van der Waals surface area contributed by atoms with E-state index in [2.05, 4.69) is 4.98 Å². The summed E-state index contributed by atoms with van der Waals surface area (Å²) < 4.78 is 7.21. The van der Waals surface area contributed by atoms with Crippen molar-refractivity contribution in [2.75, 3.05) is 26.7 Å². The van der Waals surface area contributed by atoms with Gasteiger partial charge < -0.3 is 15.4 Å². The normalized spacial score (nSPS) is 16.8. The molecule has 1 aliphatic heterocycles. The number of nitrogens with zero attached hydrogens (tertiary/aromatic N) is 4. The van der Waals surface area contributed by atoms with Crippen LogP contribution >= 0.6 is 0 Å². The van der Waals surface area contributed by atoms with Crippen molar-refractivity contribution in [1.29, 1.82) is 0 Å². The van der Waals surface area contributed by atoms with E-state index in [1.807, 2.05) is 46.0 Å². The molecule has 27 heavy (non-hydrogen) atoms. The van der Waals surface area contributed by atoms with Crippen LogP contribution in [0.25, 0.3) is 11.0 Å². The number of nitrogens with two attached hydrogens (primary N) is 1. The van der Waals surface area contributed by atoms with Gasteiger partial charge in [-0.15, -0.1) is 0 Å². The molecule has 1 aliphatic rings. The van der Waals surface area contributed by atoms with Crippen LogP contribution in [0.1, 0.15) is 28.4 Å². The van der Waals surface area contributed by atoms with Gasteiger partial charge in [0.15, 0.2) is 5.65 Å². The highest BCUT2D eigenvalue weighted by Gasteiger charge is 2.32. The SMILES string of the molecule is COc1ccccc1C(=O)N1CC[C@H](c2nn(CCN)c3ncccc23)C1. The Bertz CT molecular complexity index is 968. The van der Waals surface area contributed by atoms with E-state index in [1.165, 1.54) is 0 Å². The largest absolute Gasteiger partial charge is 0.496 e. The maximum absolute atomic E-state index is 13.0.